The summed E-state index contributed by atoms with van der Waals surface area (Å²) in [5.41, 5.74) is -0.371. The first-order valence-electron chi connectivity index (χ1n) is 5.70. The molecular weight excluding hydrogens is 250 g/mol. The molecule has 2 heterocycles. The van der Waals surface area contributed by atoms with E-state index in [0.29, 0.717) is 12.2 Å². The second-order valence-corrected chi connectivity index (χ2v) is 3.84. The Morgan fingerprint density at radius 3 is 2.79 bits per heavy atom. The second-order valence-electron chi connectivity index (χ2n) is 3.84. The average Bonchev–Trinajstić information content (AvgIpc) is 3.05. The lowest BCUT2D eigenvalue weighted by molar-refractivity contribution is 0.0684. The van der Waals surface area contributed by atoms with Gasteiger partial charge in [0.1, 0.15) is 5.82 Å². The number of amides is 1. The van der Waals surface area contributed by atoms with Crippen LogP contribution in [0.1, 0.15) is 46.2 Å². The van der Waals surface area contributed by atoms with E-state index in [9.17, 15) is 9.59 Å². The number of carbonyl (C=O) groups is 2. The maximum Gasteiger partial charge on any atom is 0.354 e. The molecule has 8 nitrogen and oxygen atoms in total. The first kappa shape index (κ1) is 12.8. The van der Waals surface area contributed by atoms with Crippen LogP contribution >= 0.6 is 0 Å². The highest BCUT2D eigenvalue weighted by molar-refractivity contribution is 6.02. The molecule has 100 valence electrons. The van der Waals surface area contributed by atoms with Gasteiger partial charge in [-0.3, -0.25) is 4.79 Å². The first-order valence-corrected chi connectivity index (χ1v) is 5.70. The number of carboxylic acids is 1. The van der Waals surface area contributed by atoms with Gasteiger partial charge in [-0.25, -0.2) is 14.8 Å². The molecule has 0 spiro atoms. The fraction of sp³-hybridized carbons (Fsp3) is 0.273. The lowest BCUT2D eigenvalue weighted by atomic mass is 10.2. The zero-order valence-electron chi connectivity index (χ0n) is 10.2. The van der Waals surface area contributed by atoms with Gasteiger partial charge in [-0.1, -0.05) is 6.92 Å². The molecule has 0 aliphatic rings. The Bertz CT molecular complexity index is 575. The van der Waals surface area contributed by atoms with Gasteiger partial charge in [0, 0.05) is 12.4 Å². The fourth-order valence-electron chi connectivity index (χ4n) is 1.69. The van der Waals surface area contributed by atoms with Crippen molar-refractivity contribution in [2.75, 3.05) is 0 Å². The Hall–Kier alpha value is -2.64. The highest BCUT2D eigenvalue weighted by Gasteiger charge is 2.22. The minimum Gasteiger partial charge on any atom is -0.477 e. The molecule has 19 heavy (non-hydrogen) atoms. The molecule has 2 rings (SSSR count). The number of hydrogen-bond donors (Lipinski definition) is 4. The van der Waals surface area contributed by atoms with E-state index >= 15 is 0 Å². The van der Waals surface area contributed by atoms with Crippen LogP contribution in [-0.4, -0.2) is 36.9 Å². The molecule has 0 aliphatic carbocycles. The van der Waals surface area contributed by atoms with Gasteiger partial charge in [-0.15, -0.1) is 0 Å². The van der Waals surface area contributed by atoms with Gasteiger partial charge < -0.3 is 20.4 Å². The molecule has 1 amide bonds. The summed E-state index contributed by atoms with van der Waals surface area (Å²) in [4.78, 5) is 36.0. The summed E-state index contributed by atoms with van der Waals surface area (Å²) in [5, 5.41) is 11.6. The van der Waals surface area contributed by atoms with E-state index in [-0.39, 0.29) is 17.4 Å². The van der Waals surface area contributed by atoms with E-state index in [1.165, 1.54) is 6.33 Å². The Morgan fingerprint density at radius 2 is 2.21 bits per heavy atom. The number of aromatic nitrogens is 4. The topological polar surface area (TPSA) is 124 Å². The van der Waals surface area contributed by atoms with Crippen molar-refractivity contribution in [1.82, 2.24) is 25.3 Å². The third kappa shape index (κ3) is 2.62. The number of nitrogens with one attached hydrogen (secondary N) is 3. The number of H-pyrrole nitrogens is 2. The number of carbonyl (C=O) groups excluding carboxylic acids is 1. The van der Waals surface area contributed by atoms with Gasteiger partial charge in [-0.2, -0.15) is 0 Å². The molecule has 0 fully saturated rings. The van der Waals surface area contributed by atoms with Crippen LogP contribution in [0.25, 0.3) is 0 Å². The van der Waals surface area contributed by atoms with Crippen LogP contribution in [0, 0.1) is 0 Å². The number of hydrogen-bond acceptors (Lipinski definition) is 4. The smallest absolute Gasteiger partial charge is 0.354 e. The maximum absolute atomic E-state index is 12.0. The maximum atomic E-state index is 12.0. The van der Waals surface area contributed by atoms with Crippen molar-refractivity contribution in [2.24, 2.45) is 0 Å². The molecule has 0 aliphatic heterocycles. The number of imidazole rings is 2. The van der Waals surface area contributed by atoms with Crippen LogP contribution in [0.4, 0.5) is 0 Å². The van der Waals surface area contributed by atoms with Crippen molar-refractivity contribution >= 4 is 11.9 Å². The molecule has 0 aromatic carbocycles. The van der Waals surface area contributed by atoms with Crippen LogP contribution in [0.15, 0.2) is 18.7 Å². The summed E-state index contributed by atoms with van der Waals surface area (Å²) in [6.07, 6.45) is 5.03. The fourth-order valence-corrected chi connectivity index (χ4v) is 1.69. The normalized spacial score (nSPS) is 12.1. The van der Waals surface area contributed by atoms with Crippen LogP contribution in [0.3, 0.4) is 0 Å². The Labute approximate surface area is 108 Å². The zero-order chi connectivity index (χ0) is 13.8. The van der Waals surface area contributed by atoms with Crippen LogP contribution in [0.5, 0.6) is 0 Å². The number of aromatic amines is 2. The van der Waals surface area contributed by atoms with Gasteiger partial charge in [0.25, 0.3) is 5.91 Å². The molecule has 0 saturated heterocycles. The van der Waals surface area contributed by atoms with E-state index in [1.807, 2.05) is 6.92 Å². The number of carboxylic acid groups (broad SMARTS) is 1. The van der Waals surface area contributed by atoms with E-state index < -0.39 is 11.9 Å². The van der Waals surface area contributed by atoms with Gasteiger partial charge >= 0.3 is 5.97 Å². The molecule has 4 N–H and O–H groups in total. The summed E-state index contributed by atoms with van der Waals surface area (Å²) in [6.45, 7) is 1.89. The predicted octanol–water partition coefficient (Wildman–Crippen LogP) is 0.712. The number of nitrogens with zero attached hydrogens (tertiary/aromatic N) is 2. The highest BCUT2D eigenvalue weighted by Crippen LogP contribution is 2.13. The third-order valence-electron chi connectivity index (χ3n) is 2.63. The van der Waals surface area contributed by atoms with Crippen molar-refractivity contribution in [3.8, 4) is 0 Å². The molecule has 0 bridgehead atoms. The summed E-state index contributed by atoms with van der Waals surface area (Å²) >= 11 is 0. The van der Waals surface area contributed by atoms with Crippen molar-refractivity contribution in [3.05, 3.63) is 35.9 Å². The van der Waals surface area contributed by atoms with E-state index in [1.54, 1.807) is 12.4 Å². The van der Waals surface area contributed by atoms with E-state index in [2.05, 4.69) is 25.3 Å². The molecule has 2 aromatic heterocycles. The standard InChI is InChI=1S/C11H13N5O3/c1-2-6(9-12-3-4-13-9)16-10(17)7-8(11(18)19)15-5-14-7/h3-6H,2H2,1H3,(H,12,13)(H,14,15)(H,16,17)(H,18,19). The highest BCUT2D eigenvalue weighted by atomic mass is 16.4. The molecule has 0 radical (unpaired) electrons. The summed E-state index contributed by atoms with van der Waals surface area (Å²) in [5.74, 6) is -1.17. The van der Waals surface area contributed by atoms with Crippen molar-refractivity contribution in [3.63, 3.8) is 0 Å². The minimum atomic E-state index is -1.23. The Balaban J connectivity index is 2.16. The molecule has 1 atom stereocenters. The zero-order valence-corrected chi connectivity index (χ0v) is 10.2. The monoisotopic (exact) mass is 263 g/mol. The Kier molecular flexibility index (Phi) is 3.60. The Morgan fingerprint density at radius 1 is 1.42 bits per heavy atom. The minimum absolute atomic E-state index is 0.141. The van der Waals surface area contributed by atoms with Gasteiger partial charge in [-0.05, 0) is 6.42 Å². The third-order valence-corrected chi connectivity index (χ3v) is 2.63. The summed E-state index contributed by atoms with van der Waals surface area (Å²) in [7, 11) is 0. The summed E-state index contributed by atoms with van der Waals surface area (Å²) < 4.78 is 0. The van der Waals surface area contributed by atoms with Crippen LogP contribution in [-0.2, 0) is 0 Å². The lowest BCUT2D eigenvalue weighted by Gasteiger charge is -2.13. The van der Waals surface area contributed by atoms with Crippen LogP contribution < -0.4 is 5.32 Å². The van der Waals surface area contributed by atoms with Crippen molar-refractivity contribution < 1.29 is 14.7 Å². The molecule has 0 saturated carbocycles. The quantitative estimate of drug-likeness (QED) is 0.632. The largest absolute Gasteiger partial charge is 0.477 e. The van der Waals surface area contributed by atoms with Crippen molar-refractivity contribution in [1.29, 1.82) is 0 Å². The van der Waals surface area contributed by atoms with Gasteiger partial charge in [0.2, 0.25) is 0 Å². The van der Waals surface area contributed by atoms with E-state index in [0.717, 1.165) is 0 Å². The predicted molar refractivity (Wildman–Crippen MR) is 64.6 cm³/mol. The van der Waals surface area contributed by atoms with Crippen molar-refractivity contribution in [2.45, 2.75) is 19.4 Å². The number of aromatic carboxylic acids is 1. The summed E-state index contributed by atoms with van der Waals surface area (Å²) in [6, 6.07) is -0.319. The number of rotatable bonds is 5. The SMILES string of the molecule is CCC(NC(=O)c1nc[nH]c1C(=O)O)c1ncc[nH]1. The van der Waals surface area contributed by atoms with Gasteiger partial charge in [0.05, 0.1) is 12.4 Å². The lowest BCUT2D eigenvalue weighted by Crippen LogP contribution is -2.30. The van der Waals surface area contributed by atoms with Gasteiger partial charge in [0.15, 0.2) is 11.4 Å². The first-order chi connectivity index (χ1) is 9.13. The molecule has 8 heteroatoms. The van der Waals surface area contributed by atoms with Crippen LogP contribution in [0.2, 0.25) is 0 Å². The molecule has 1 unspecified atom stereocenters. The van der Waals surface area contributed by atoms with E-state index in [4.69, 9.17) is 5.11 Å². The average molecular weight is 263 g/mol. The molecular formula is C11H13N5O3. The molecule has 2 aromatic rings. The second kappa shape index (κ2) is 5.34.